The summed E-state index contributed by atoms with van der Waals surface area (Å²) in [7, 11) is 0. The van der Waals surface area contributed by atoms with Crippen molar-refractivity contribution >= 4 is 45.6 Å². The molecule has 3 aromatic rings. The Morgan fingerprint density at radius 3 is 2.49 bits per heavy atom. The fourth-order valence-corrected chi connectivity index (χ4v) is 4.27. The minimum Gasteiger partial charge on any atom is -0.343 e. The lowest BCUT2D eigenvalue weighted by Gasteiger charge is -2.24. The number of pyridine rings is 1. The van der Waals surface area contributed by atoms with E-state index in [4.69, 9.17) is 17.2 Å². The highest BCUT2D eigenvalue weighted by Crippen LogP contribution is 2.17. The number of thiophene rings is 1. The summed E-state index contributed by atoms with van der Waals surface area (Å²) in [5.41, 5.74) is 19.3. The normalized spacial score (nSPS) is 12.7. The molecule has 35 heavy (non-hydrogen) atoms. The monoisotopic (exact) mass is 497 g/mol. The minimum atomic E-state index is -1.12. The van der Waals surface area contributed by atoms with Crippen molar-refractivity contribution in [2.24, 2.45) is 17.2 Å². The van der Waals surface area contributed by atoms with Gasteiger partial charge in [-0.05, 0) is 34.5 Å². The molecule has 2 aromatic heterocycles. The van der Waals surface area contributed by atoms with E-state index in [1.807, 2.05) is 47.2 Å². The van der Waals surface area contributed by atoms with E-state index in [2.05, 4.69) is 15.6 Å². The Bertz CT molecular complexity index is 1130. The molecular formula is C24H31N7O3S. The van der Waals surface area contributed by atoms with Crippen LogP contribution in [0.3, 0.4) is 0 Å². The van der Waals surface area contributed by atoms with Crippen LogP contribution in [0.15, 0.2) is 53.4 Å². The van der Waals surface area contributed by atoms with E-state index in [0.29, 0.717) is 18.8 Å². The van der Waals surface area contributed by atoms with E-state index in [1.165, 1.54) is 16.2 Å². The quantitative estimate of drug-likeness (QED) is 0.241. The SMILES string of the molecule is NCCN(CCN)C(=O)CC(N)C(=O)NC(Cc1ccsc1)C(=O)Nc1cnc2ccccc2c1. The van der Waals surface area contributed by atoms with Crippen LogP contribution < -0.4 is 27.8 Å². The molecule has 186 valence electrons. The van der Waals surface area contributed by atoms with Crippen LogP contribution in [0.25, 0.3) is 10.9 Å². The molecule has 0 aliphatic heterocycles. The van der Waals surface area contributed by atoms with E-state index in [1.54, 1.807) is 6.20 Å². The van der Waals surface area contributed by atoms with Gasteiger partial charge in [-0.15, -0.1) is 0 Å². The highest BCUT2D eigenvalue weighted by molar-refractivity contribution is 7.07. The summed E-state index contributed by atoms with van der Waals surface area (Å²) in [6.07, 6.45) is 1.63. The summed E-state index contributed by atoms with van der Waals surface area (Å²) in [5, 5.41) is 10.2. The topological polar surface area (TPSA) is 169 Å². The lowest BCUT2D eigenvalue weighted by atomic mass is 10.1. The molecule has 0 aliphatic rings. The molecule has 3 rings (SSSR count). The zero-order valence-electron chi connectivity index (χ0n) is 19.4. The predicted octanol–water partition coefficient (Wildman–Crippen LogP) is 0.426. The second-order valence-electron chi connectivity index (χ2n) is 8.07. The van der Waals surface area contributed by atoms with Gasteiger partial charge in [-0.25, -0.2) is 0 Å². The molecule has 0 radical (unpaired) electrons. The fraction of sp³-hybridized carbons (Fsp3) is 0.333. The molecule has 0 saturated heterocycles. The predicted molar refractivity (Wildman–Crippen MR) is 138 cm³/mol. The second kappa shape index (κ2) is 12.9. The maximum atomic E-state index is 13.1. The number of amides is 3. The number of benzene rings is 1. The third-order valence-electron chi connectivity index (χ3n) is 5.39. The number of anilines is 1. The zero-order chi connectivity index (χ0) is 25.2. The molecule has 1 aromatic carbocycles. The fourth-order valence-electron chi connectivity index (χ4n) is 3.58. The zero-order valence-corrected chi connectivity index (χ0v) is 20.2. The highest BCUT2D eigenvalue weighted by Gasteiger charge is 2.27. The lowest BCUT2D eigenvalue weighted by Crippen LogP contribution is -2.52. The Balaban J connectivity index is 1.69. The van der Waals surface area contributed by atoms with E-state index in [-0.39, 0.29) is 31.8 Å². The molecule has 11 heteroatoms. The van der Waals surface area contributed by atoms with Gasteiger partial charge in [0.05, 0.1) is 29.9 Å². The number of fused-ring (bicyclic) bond motifs is 1. The largest absolute Gasteiger partial charge is 0.343 e. The minimum absolute atomic E-state index is 0.215. The number of para-hydroxylation sites is 1. The molecule has 8 N–H and O–H groups in total. The number of nitrogens with two attached hydrogens (primary N) is 3. The van der Waals surface area contributed by atoms with Crippen molar-refractivity contribution in [2.75, 3.05) is 31.5 Å². The summed E-state index contributed by atoms with van der Waals surface area (Å²) < 4.78 is 0. The first-order valence-electron chi connectivity index (χ1n) is 11.3. The standard InChI is InChI=1S/C24H31N7O3S/c25-6-8-31(9-7-26)22(32)13-19(27)23(33)30-21(11-16-5-10-35-15-16)24(34)29-18-12-17-3-1-2-4-20(17)28-14-18/h1-5,10,12,14-15,19,21H,6-9,11,13,25-27H2,(H,29,34)(H,30,33). The number of hydrogen-bond acceptors (Lipinski definition) is 8. The molecule has 3 amide bonds. The van der Waals surface area contributed by atoms with Crippen LogP contribution in [0.1, 0.15) is 12.0 Å². The van der Waals surface area contributed by atoms with Gasteiger partial charge in [-0.3, -0.25) is 19.4 Å². The summed E-state index contributed by atoms with van der Waals surface area (Å²) in [5.74, 6) is -1.32. The van der Waals surface area contributed by atoms with Gasteiger partial charge < -0.3 is 32.7 Å². The first-order chi connectivity index (χ1) is 16.9. The van der Waals surface area contributed by atoms with Crippen molar-refractivity contribution in [3.8, 4) is 0 Å². The molecular weight excluding hydrogens is 466 g/mol. The van der Waals surface area contributed by atoms with Crippen molar-refractivity contribution < 1.29 is 14.4 Å². The van der Waals surface area contributed by atoms with E-state index in [9.17, 15) is 14.4 Å². The van der Waals surface area contributed by atoms with Crippen LogP contribution >= 0.6 is 11.3 Å². The summed E-state index contributed by atoms with van der Waals surface area (Å²) in [6, 6.07) is 9.24. The number of nitrogens with one attached hydrogen (secondary N) is 2. The summed E-state index contributed by atoms with van der Waals surface area (Å²) >= 11 is 1.49. The Morgan fingerprint density at radius 2 is 1.80 bits per heavy atom. The smallest absolute Gasteiger partial charge is 0.247 e. The Labute approximate surface area is 207 Å². The highest BCUT2D eigenvalue weighted by atomic mass is 32.1. The number of nitrogens with zero attached hydrogens (tertiary/aromatic N) is 2. The van der Waals surface area contributed by atoms with Gasteiger partial charge in [0.15, 0.2) is 0 Å². The second-order valence-corrected chi connectivity index (χ2v) is 8.85. The van der Waals surface area contributed by atoms with E-state index >= 15 is 0 Å². The summed E-state index contributed by atoms with van der Waals surface area (Å²) in [6.45, 7) is 1.21. The molecule has 10 nitrogen and oxygen atoms in total. The maximum absolute atomic E-state index is 13.1. The Morgan fingerprint density at radius 1 is 1.06 bits per heavy atom. The average molecular weight is 498 g/mol. The van der Waals surface area contributed by atoms with Crippen molar-refractivity contribution in [1.82, 2.24) is 15.2 Å². The Kier molecular flexibility index (Phi) is 9.67. The van der Waals surface area contributed by atoms with Gasteiger partial charge in [-0.2, -0.15) is 11.3 Å². The Hall–Kier alpha value is -3.38. The van der Waals surface area contributed by atoms with Crippen molar-refractivity contribution in [2.45, 2.75) is 24.9 Å². The number of aromatic nitrogens is 1. The van der Waals surface area contributed by atoms with Gasteiger partial charge in [-0.1, -0.05) is 18.2 Å². The van der Waals surface area contributed by atoms with Crippen molar-refractivity contribution in [3.05, 3.63) is 58.9 Å². The van der Waals surface area contributed by atoms with Gasteiger partial charge >= 0.3 is 0 Å². The van der Waals surface area contributed by atoms with E-state index < -0.39 is 23.9 Å². The van der Waals surface area contributed by atoms with Crippen LogP contribution in [0.5, 0.6) is 0 Å². The van der Waals surface area contributed by atoms with Gasteiger partial charge in [0, 0.05) is 38.0 Å². The third-order valence-corrected chi connectivity index (χ3v) is 6.13. The molecule has 0 spiro atoms. The number of carbonyl (C=O) groups excluding carboxylic acids is 3. The summed E-state index contributed by atoms with van der Waals surface area (Å²) in [4.78, 5) is 44.4. The van der Waals surface area contributed by atoms with Gasteiger partial charge in [0.25, 0.3) is 0 Å². The molecule has 0 bridgehead atoms. The first-order valence-corrected chi connectivity index (χ1v) is 12.3. The van der Waals surface area contributed by atoms with Crippen molar-refractivity contribution in [1.29, 1.82) is 0 Å². The van der Waals surface area contributed by atoms with Crippen LogP contribution in [-0.4, -0.2) is 65.9 Å². The van der Waals surface area contributed by atoms with Crippen LogP contribution in [0, 0.1) is 0 Å². The van der Waals surface area contributed by atoms with Crippen LogP contribution in [-0.2, 0) is 20.8 Å². The number of hydrogen-bond donors (Lipinski definition) is 5. The lowest BCUT2D eigenvalue weighted by molar-refractivity contribution is -0.134. The van der Waals surface area contributed by atoms with Crippen LogP contribution in [0.2, 0.25) is 0 Å². The number of rotatable bonds is 12. The average Bonchev–Trinajstić information content (AvgIpc) is 3.36. The molecule has 2 heterocycles. The third kappa shape index (κ3) is 7.55. The molecule has 0 saturated carbocycles. The van der Waals surface area contributed by atoms with E-state index in [0.717, 1.165) is 16.5 Å². The number of carbonyl (C=O) groups is 3. The molecule has 2 atom stereocenters. The molecule has 0 aliphatic carbocycles. The van der Waals surface area contributed by atoms with Crippen LogP contribution in [0.4, 0.5) is 5.69 Å². The van der Waals surface area contributed by atoms with Gasteiger partial charge in [0.2, 0.25) is 17.7 Å². The first kappa shape index (κ1) is 26.2. The molecule has 0 fully saturated rings. The maximum Gasteiger partial charge on any atom is 0.247 e. The van der Waals surface area contributed by atoms with Crippen molar-refractivity contribution in [3.63, 3.8) is 0 Å². The molecule has 2 unspecified atom stereocenters. The van der Waals surface area contributed by atoms with Gasteiger partial charge in [0.1, 0.15) is 6.04 Å².